The molecule has 2 N–H and O–H groups in total. The van der Waals surface area contributed by atoms with Crippen LogP contribution in [0.5, 0.6) is 0 Å². The van der Waals surface area contributed by atoms with Gasteiger partial charge >= 0.3 is 5.82 Å². The number of fused-ring (bicyclic) bond motifs is 1. The molecule has 1 aliphatic heterocycles. The zero-order chi connectivity index (χ0) is 15.0. The summed E-state index contributed by atoms with van der Waals surface area (Å²) in [5.74, 6) is -0.0754. The molecule has 0 atom stereocenters. The quantitative estimate of drug-likeness (QED) is 0.531. The van der Waals surface area contributed by atoms with Gasteiger partial charge in [0.2, 0.25) is 6.33 Å². The Morgan fingerprint density at radius 1 is 1.45 bits per heavy atom. The van der Waals surface area contributed by atoms with Gasteiger partial charge in [0.25, 0.3) is 0 Å². The highest BCUT2D eigenvalue weighted by atomic mass is 35.5. The average molecular weight is 324 g/mol. The van der Waals surface area contributed by atoms with Gasteiger partial charge in [-0.1, -0.05) is 6.07 Å². The normalized spacial score (nSPS) is 13.4. The number of benzene rings is 1. The van der Waals surface area contributed by atoms with Gasteiger partial charge in [-0.15, -0.1) is 12.4 Å². The molecule has 0 fully saturated rings. The molecule has 0 saturated heterocycles. The van der Waals surface area contributed by atoms with Crippen molar-refractivity contribution in [2.75, 3.05) is 17.2 Å². The Balaban J connectivity index is 0.00000176. The Morgan fingerprint density at radius 3 is 2.95 bits per heavy atom. The molecule has 2 heterocycles. The highest BCUT2D eigenvalue weighted by Gasteiger charge is 2.25. The van der Waals surface area contributed by atoms with Crippen LogP contribution in [0.1, 0.15) is 17.7 Å². The van der Waals surface area contributed by atoms with E-state index in [1.165, 1.54) is 6.33 Å². The Hall–Kier alpha value is -2.28. The van der Waals surface area contributed by atoms with Crippen molar-refractivity contribution in [2.24, 2.45) is 7.05 Å². The molecule has 1 aromatic heterocycles. The summed E-state index contributed by atoms with van der Waals surface area (Å²) < 4.78 is 1.71. The third kappa shape index (κ3) is 2.71. The van der Waals surface area contributed by atoms with E-state index >= 15 is 0 Å². The molecule has 2 aromatic rings. The third-order valence-corrected chi connectivity index (χ3v) is 3.93. The lowest BCUT2D eigenvalue weighted by molar-refractivity contribution is -0.390. The van der Waals surface area contributed by atoms with Crippen molar-refractivity contribution in [2.45, 2.75) is 19.4 Å². The number of nitrogen functional groups attached to an aromatic ring is 1. The molecule has 22 heavy (non-hydrogen) atoms. The van der Waals surface area contributed by atoms with E-state index in [1.54, 1.807) is 11.6 Å². The molecule has 7 nitrogen and oxygen atoms in total. The first-order chi connectivity index (χ1) is 10.1. The van der Waals surface area contributed by atoms with Crippen LogP contribution in [-0.4, -0.2) is 21.0 Å². The number of nitrogens with zero attached hydrogens (tertiary/aromatic N) is 4. The summed E-state index contributed by atoms with van der Waals surface area (Å²) in [5.41, 5.74) is 9.63. The van der Waals surface area contributed by atoms with Crippen LogP contribution in [-0.2, 0) is 20.0 Å². The first-order valence-corrected chi connectivity index (χ1v) is 6.85. The molecule has 0 radical (unpaired) electrons. The van der Waals surface area contributed by atoms with E-state index in [0.717, 1.165) is 36.3 Å². The van der Waals surface area contributed by atoms with Crippen LogP contribution < -0.4 is 10.6 Å². The summed E-state index contributed by atoms with van der Waals surface area (Å²) in [4.78, 5) is 16.6. The van der Waals surface area contributed by atoms with Crippen LogP contribution >= 0.6 is 12.4 Å². The number of anilines is 2. The number of nitro groups is 1. The minimum Gasteiger partial charge on any atom is -0.398 e. The molecule has 0 saturated carbocycles. The van der Waals surface area contributed by atoms with E-state index in [9.17, 15) is 10.1 Å². The van der Waals surface area contributed by atoms with Crippen molar-refractivity contribution in [3.05, 3.63) is 45.9 Å². The van der Waals surface area contributed by atoms with E-state index in [1.807, 2.05) is 18.2 Å². The third-order valence-electron chi connectivity index (χ3n) is 3.93. The lowest BCUT2D eigenvalue weighted by Gasteiger charge is -2.31. The number of nitrogens with two attached hydrogens (primary N) is 1. The second kappa shape index (κ2) is 6.23. The van der Waals surface area contributed by atoms with E-state index in [-0.39, 0.29) is 18.2 Å². The van der Waals surface area contributed by atoms with Gasteiger partial charge in [-0.25, -0.2) is 0 Å². The molecule has 3 rings (SSSR count). The summed E-state index contributed by atoms with van der Waals surface area (Å²) >= 11 is 0. The van der Waals surface area contributed by atoms with Crippen molar-refractivity contribution >= 4 is 29.6 Å². The molecule has 1 aromatic carbocycles. The Morgan fingerprint density at radius 2 is 2.23 bits per heavy atom. The van der Waals surface area contributed by atoms with E-state index in [2.05, 4.69) is 9.88 Å². The molecule has 0 amide bonds. The standard InChI is InChI=1S/C14H17N5O2.ClH/c1-17-9-16-14(19(20)21)13(17)8-18-7-3-4-10-11(15)5-2-6-12(10)18;/h2,5-6,9H,3-4,7-8,15H2,1H3;1H. The number of aromatic nitrogens is 2. The van der Waals surface area contributed by atoms with Gasteiger partial charge in [-0.2, -0.15) is 0 Å². The van der Waals surface area contributed by atoms with Crippen molar-refractivity contribution in [1.29, 1.82) is 0 Å². The number of hydrogen-bond acceptors (Lipinski definition) is 5. The van der Waals surface area contributed by atoms with Crippen molar-refractivity contribution in [3.8, 4) is 0 Å². The highest BCUT2D eigenvalue weighted by Crippen LogP contribution is 2.33. The van der Waals surface area contributed by atoms with Gasteiger partial charge in [0.05, 0.1) is 6.54 Å². The summed E-state index contributed by atoms with van der Waals surface area (Å²) in [5, 5.41) is 11.1. The SMILES string of the molecule is Cl.Cn1cnc([N+](=O)[O-])c1CN1CCCc2c(N)cccc21. The van der Waals surface area contributed by atoms with E-state index in [0.29, 0.717) is 12.2 Å². The number of rotatable bonds is 3. The van der Waals surface area contributed by atoms with Crippen LogP contribution in [0.3, 0.4) is 0 Å². The monoisotopic (exact) mass is 323 g/mol. The molecular formula is C14H18ClN5O2. The van der Waals surface area contributed by atoms with Gasteiger partial charge in [0.1, 0.15) is 5.69 Å². The number of imidazole rings is 1. The molecule has 0 spiro atoms. The molecule has 118 valence electrons. The lowest BCUT2D eigenvalue weighted by Crippen LogP contribution is -2.30. The van der Waals surface area contributed by atoms with Crippen LogP contribution in [0.2, 0.25) is 0 Å². The smallest absolute Gasteiger partial charge is 0.386 e. The van der Waals surface area contributed by atoms with Crippen LogP contribution in [0.4, 0.5) is 17.2 Å². The summed E-state index contributed by atoms with van der Waals surface area (Å²) in [6.07, 6.45) is 3.43. The topological polar surface area (TPSA) is 90.2 Å². The van der Waals surface area contributed by atoms with Gasteiger partial charge < -0.3 is 25.3 Å². The van der Waals surface area contributed by atoms with Gasteiger partial charge in [-0.05, 0) is 40.4 Å². The first-order valence-electron chi connectivity index (χ1n) is 6.85. The molecule has 0 aliphatic carbocycles. The highest BCUT2D eigenvalue weighted by molar-refractivity contribution is 5.85. The molecule has 8 heteroatoms. The number of hydrogen-bond donors (Lipinski definition) is 1. The fourth-order valence-corrected chi connectivity index (χ4v) is 2.85. The van der Waals surface area contributed by atoms with Gasteiger partial charge in [0, 0.05) is 25.0 Å². The summed E-state index contributed by atoms with van der Waals surface area (Å²) in [7, 11) is 1.78. The summed E-state index contributed by atoms with van der Waals surface area (Å²) in [6, 6.07) is 5.84. The molecular weight excluding hydrogens is 306 g/mol. The predicted octanol–water partition coefficient (Wildman–Crippen LogP) is 2.29. The molecule has 1 aliphatic rings. The largest absolute Gasteiger partial charge is 0.398 e. The fraction of sp³-hybridized carbons (Fsp3) is 0.357. The first kappa shape index (κ1) is 16.1. The van der Waals surface area contributed by atoms with Crippen LogP contribution in [0, 0.1) is 10.1 Å². The zero-order valence-electron chi connectivity index (χ0n) is 12.2. The molecule has 0 bridgehead atoms. The minimum absolute atomic E-state index is 0. The second-order valence-corrected chi connectivity index (χ2v) is 5.25. The van der Waals surface area contributed by atoms with Crippen LogP contribution in [0.15, 0.2) is 24.5 Å². The van der Waals surface area contributed by atoms with Gasteiger partial charge in [-0.3, -0.25) is 0 Å². The Kier molecular flexibility index (Phi) is 4.56. The van der Waals surface area contributed by atoms with Crippen molar-refractivity contribution in [3.63, 3.8) is 0 Å². The average Bonchev–Trinajstić information content (AvgIpc) is 2.82. The number of aryl methyl sites for hydroxylation is 1. The fourth-order valence-electron chi connectivity index (χ4n) is 2.85. The van der Waals surface area contributed by atoms with E-state index in [4.69, 9.17) is 5.73 Å². The van der Waals surface area contributed by atoms with E-state index < -0.39 is 4.92 Å². The molecule has 0 unspecified atom stereocenters. The predicted molar refractivity (Wildman–Crippen MR) is 87.3 cm³/mol. The maximum absolute atomic E-state index is 11.1. The van der Waals surface area contributed by atoms with Crippen molar-refractivity contribution in [1.82, 2.24) is 9.55 Å². The Labute approximate surface area is 134 Å². The maximum Gasteiger partial charge on any atom is 0.386 e. The van der Waals surface area contributed by atoms with Gasteiger partial charge in [0.15, 0.2) is 0 Å². The maximum atomic E-state index is 11.1. The minimum atomic E-state index is -0.431. The second-order valence-electron chi connectivity index (χ2n) is 5.25. The number of halogens is 1. The zero-order valence-corrected chi connectivity index (χ0v) is 13.0. The lowest BCUT2D eigenvalue weighted by atomic mass is 10.00. The Bertz CT molecular complexity index is 701. The van der Waals surface area contributed by atoms with Crippen LogP contribution in [0.25, 0.3) is 0 Å². The van der Waals surface area contributed by atoms with Crippen molar-refractivity contribution < 1.29 is 4.92 Å². The summed E-state index contributed by atoms with van der Waals surface area (Å²) in [6.45, 7) is 1.32.